The van der Waals surface area contributed by atoms with Gasteiger partial charge in [0.15, 0.2) is 0 Å². The van der Waals surface area contributed by atoms with Crippen molar-refractivity contribution < 1.29 is 19.4 Å². The number of aliphatic carboxylic acids is 1. The van der Waals surface area contributed by atoms with Crippen LogP contribution in [-0.2, 0) is 9.53 Å². The van der Waals surface area contributed by atoms with Gasteiger partial charge in [-0.1, -0.05) is 19.8 Å². The van der Waals surface area contributed by atoms with Crippen LogP contribution in [0, 0.1) is 5.92 Å². The van der Waals surface area contributed by atoms with Crippen molar-refractivity contribution in [1.82, 2.24) is 10.2 Å². The molecule has 0 heterocycles. The van der Waals surface area contributed by atoms with Crippen molar-refractivity contribution >= 4 is 12.0 Å². The molecule has 0 aliphatic rings. The fourth-order valence-corrected chi connectivity index (χ4v) is 2.27. The maximum absolute atomic E-state index is 12.0. The molecule has 0 bridgehead atoms. The molecule has 0 aromatic heterocycles. The van der Waals surface area contributed by atoms with Crippen molar-refractivity contribution in [3.8, 4) is 0 Å². The molecule has 0 aliphatic heterocycles. The number of carboxylic acid groups (broad SMARTS) is 1. The summed E-state index contributed by atoms with van der Waals surface area (Å²) in [6.45, 7) is 6.37. The molecule has 0 aromatic rings. The van der Waals surface area contributed by atoms with Crippen LogP contribution >= 0.6 is 0 Å². The zero-order chi connectivity index (χ0) is 16.1. The number of likely N-dealkylation sites (N-methyl/N-ethyl adjacent to an activating group) is 1. The normalized spacial score (nSPS) is 12.0. The van der Waals surface area contributed by atoms with E-state index in [0.29, 0.717) is 38.6 Å². The van der Waals surface area contributed by atoms with Crippen LogP contribution in [0.2, 0.25) is 0 Å². The molecule has 2 amide bonds. The second-order valence-electron chi connectivity index (χ2n) is 5.18. The average molecular weight is 302 g/mol. The maximum atomic E-state index is 12.0. The Balaban J connectivity index is 4.04. The van der Waals surface area contributed by atoms with Gasteiger partial charge in [-0.3, -0.25) is 4.79 Å². The molecular weight excluding hydrogens is 272 g/mol. The van der Waals surface area contributed by atoms with E-state index in [1.807, 2.05) is 6.92 Å². The molecule has 0 spiro atoms. The van der Waals surface area contributed by atoms with E-state index in [1.165, 1.54) is 0 Å². The Bertz CT molecular complexity index is 297. The SMILES string of the molecule is CCCC(CCNC(=O)N(CC)CCOC)CCC(=O)O. The molecule has 21 heavy (non-hydrogen) atoms. The van der Waals surface area contributed by atoms with E-state index in [2.05, 4.69) is 12.2 Å². The van der Waals surface area contributed by atoms with Gasteiger partial charge in [-0.05, 0) is 25.7 Å². The van der Waals surface area contributed by atoms with Gasteiger partial charge >= 0.3 is 12.0 Å². The Morgan fingerprint density at radius 3 is 2.48 bits per heavy atom. The molecule has 6 nitrogen and oxygen atoms in total. The molecule has 124 valence electrons. The van der Waals surface area contributed by atoms with Crippen molar-refractivity contribution in [2.24, 2.45) is 5.92 Å². The number of ether oxygens (including phenoxy) is 1. The first-order chi connectivity index (χ1) is 10.0. The number of nitrogens with zero attached hydrogens (tertiary/aromatic N) is 1. The lowest BCUT2D eigenvalue weighted by Gasteiger charge is -2.22. The lowest BCUT2D eigenvalue weighted by Crippen LogP contribution is -2.42. The first-order valence-corrected chi connectivity index (χ1v) is 7.78. The third-order valence-corrected chi connectivity index (χ3v) is 3.53. The van der Waals surface area contributed by atoms with Crippen molar-refractivity contribution in [3.05, 3.63) is 0 Å². The van der Waals surface area contributed by atoms with Crippen molar-refractivity contribution in [2.45, 2.75) is 46.0 Å². The summed E-state index contributed by atoms with van der Waals surface area (Å²) in [5, 5.41) is 11.6. The Morgan fingerprint density at radius 1 is 1.24 bits per heavy atom. The zero-order valence-electron chi connectivity index (χ0n) is 13.6. The smallest absolute Gasteiger partial charge is 0.317 e. The van der Waals surface area contributed by atoms with Crippen LogP contribution in [-0.4, -0.2) is 55.4 Å². The minimum atomic E-state index is -0.753. The van der Waals surface area contributed by atoms with E-state index >= 15 is 0 Å². The predicted molar refractivity (Wildman–Crippen MR) is 82.4 cm³/mol. The predicted octanol–water partition coefficient (Wildman–Crippen LogP) is 2.34. The summed E-state index contributed by atoms with van der Waals surface area (Å²) in [5.41, 5.74) is 0. The number of carboxylic acids is 1. The van der Waals surface area contributed by atoms with Gasteiger partial charge in [-0.15, -0.1) is 0 Å². The number of amides is 2. The van der Waals surface area contributed by atoms with E-state index < -0.39 is 5.97 Å². The number of urea groups is 1. The summed E-state index contributed by atoms with van der Waals surface area (Å²) in [5.74, 6) is -0.391. The molecule has 0 saturated heterocycles. The Morgan fingerprint density at radius 2 is 1.95 bits per heavy atom. The lowest BCUT2D eigenvalue weighted by molar-refractivity contribution is -0.137. The summed E-state index contributed by atoms with van der Waals surface area (Å²) < 4.78 is 4.98. The van der Waals surface area contributed by atoms with Crippen LogP contribution in [0.1, 0.15) is 46.0 Å². The first kappa shape index (κ1) is 19.7. The minimum absolute atomic E-state index is 0.0805. The van der Waals surface area contributed by atoms with Crippen LogP contribution in [0.4, 0.5) is 4.79 Å². The van der Waals surface area contributed by atoms with E-state index in [1.54, 1.807) is 12.0 Å². The summed E-state index contributed by atoms with van der Waals surface area (Å²) >= 11 is 0. The lowest BCUT2D eigenvalue weighted by atomic mass is 9.94. The maximum Gasteiger partial charge on any atom is 0.317 e. The number of methoxy groups -OCH3 is 1. The fraction of sp³-hybridized carbons (Fsp3) is 0.867. The number of hydrogen-bond donors (Lipinski definition) is 2. The van der Waals surface area contributed by atoms with Crippen LogP contribution in [0.15, 0.2) is 0 Å². The van der Waals surface area contributed by atoms with Crippen LogP contribution < -0.4 is 5.32 Å². The van der Waals surface area contributed by atoms with Gasteiger partial charge in [0.25, 0.3) is 0 Å². The van der Waals surface area contributed by atoms with E-state index in [4.69, 9.17) is 9.84 Å². The van der Waals surface area contributed by atoms with Gasteiger partial charge in [-0.2, -0.15) is 0 Å². The van der Waals surface area contributed by atoms with Crippen molar-refractivity contribution in [2.75, 3.05) is 33.4 Å². The van der Waals surface area contributed by atoms with Gasteiger partial charge in [0, 0.05) is 33.2 Å². The van der Waals surface area contributed by atoms with Gasteiger partial charge in [0.2, 0.25) is 0 Å². The molecule has 0 aromatic carbocycles. The minimum Gasteiger partial charge on any atom is -0.481 e. The molecule has 0 radical (unpaired) electrons. The molecule has 2 N–H and O–H groups in total. The van der Waals surface area contributed by atoms with Crippen LogP contribution in [0.25, 0.3) is 0 Å². The summed E-state index contributed by atoms with van der Waals surface area (Å²) in [4.78, 5) is 24.3. The van der Waals surface area contributed by atoms with E-state index in [-0.39, 0.29) is 12.5 Å². The van der Waals surface area contributed by atoms with E-state index in [0.717, 1.165) is 19.3 Å². The third-order valence-electron chi connectivity index (χ3n) is 3.53. The largest absolute Gasteiger partial charge is 0.481 e. The number of nitrogens with one attached hydrogen (secondary N) is 1. The van der Waals surface area contributed by atoms with Gasteiger partial charge in [0.1, 0.15) is 0 Å². The highest BCUT2D eigenvalue weighted by Gasteiger charge is 2.13. The first-order valence-electron chi connectivity index (χ1n) is 7.78. The standard InChI is InChI=1S/C15H30N2O4/c1-4-6-13(7-8-14(18)19)9-10-16-15(20)17(5-2)11-12-21-3/h13H,4-12H2,1-3H3,(H,16,20)(H,18,19). The quantitative estimate of drug-likeness (QED) is 0.580. The van der Waals surface area contributed by atoms with Gasteiger partial charge < -0.3 is 20.1 Å². The molecule has 1 atom stereocenters. The molecule has 0 fully saturated rings. The van der Waals surface area contributed by atoms with Crippen LogP contribution in [0.3, 0.4) is 0 Å². The van der Waals surface area contributed by atoms with Crippen molar-refractivity contribution in [3.63, 3.8) is 0 Å². The molecule has 0 aliphatic carbocycles. The molecule has 0 rings (SSSR count). The van der Waals surface area contributed by atoms with Gasteiger partial charge in [-0.25, -0.2) is 4.79 Å². The number of carbonyl (C=O) groups is 2. The second kappa shape index (κ2) is 12.4. The average Bonchev–Trinajstić information content (AvgIpc) is 2.45. The summed E-state index contributed by atoms with van der Waals surface area (Å²) in [6.07, 6.45) is 3.75. The van der Waals surface area contributed by atoms with Crippen molar-refractivity contribution in [1.29, 1.82) is 0 Å². The third kappa shape index (κ3) is 10.1. The zero-order valence-corrected chi connectivity index (χ0v) is 13.6. The Hall–Kier alpha value is -1.30. The molecule has 1 unspecified atom stereocenters. The summed E-state index contributed by atoms with van der Waals surface area (Å²) in [6, 6.07) is -0.0805. The Labute approximate surface area is 127 Å². The number of rotatable bonds is 12. The van der Waals surface area contributed by atoms with E-state index in [9.17, 15) is 9.59 Å². The molecular formula is C15H30N2O4. The Kier molecular flexibility index (Phi) is 11.7. The molecule has 6 heteroatoms. The number of hydrogen-bond acceptors (Lipinski definition) is 3. The monoisotopic (exact) mass is 302 g/mol. The second-order valence-corrected chi connectivity index (χ2v) is 5.18. The number of carbonyl (C=O) groups excluding carboxylic acids is 1. The van der Waals surface area contributed by atoms with Crippen LogP contribution in [0.5, 0.6) is 0 Å². The van der Waals surface area contributed by atoms with Gasteiger partial charge in [0.05, 0.1) is 6.61 Å². The highest BCUT2D eigenvalue weighted by molar-refractivity contribution is 5.74. The topological polar surface area (TPSA) is 78.9 Å². The summed E-state index contributed by atoms with van der Waals surface area (Å²) in [7, 11) is 1.61. The molecule has 0 saturated carbocycles. The highest BCUT2D eigenvalue weighted by atomic mass is 16.5. The fourth-order valence-electron chi connectivity index (χ4n) is 2.27. The highest BCUT2D eigenvalue weighted by Crippen LogP contribution is 2.17.